The third-order valence-electron chi connectivity index (χ3n) is 3.39. The van der Waals surface area contributed by atoms with Crippen molar-refractivity contribution in [3.05, 3.63) is 46.8 Å². The van der Waals surface area contributed by atoms with Crippen LogP contribution in [0.1, 0.15) is 42.1 Å². The topological polar surface area (TPSA) is 29.9 Å². The molecule has 0 atom stereocenters. The first-order valence-corrected chi connectivity index (χ1v) is 6.83. The highest BCUT2D eigenvalue weighted by Gasteiger charge is 2.16. The number of rotatable bonds is 4. The van der Waals surface area contributed by atoms with E-state index in [9.17, 15) is 0 Å². The molecule has 0 spiro atoms. The highest BCUT2D eigenvalue weighted by atomic mass is 15.3. The average molecular weight is 257 g/mol. The fraction of sp³-hybridized carbons (Fsp3) is 0.438. The molecule has 0 radical (unpaired) electrons. The molecule has 2 rings (SSSR count). The Kier molecular flexibility index (Phi) is 4.05. The molecule has 1 aromatic carbocycles. The number of hydrogen-bond acceptors (Lipinski definition) is 2. The van der Waals surface area contributed by atoms with E-state index in [2.05, 4.69) is 61.0 Å². The molecule has 19 heavy (non-hydrogen) atoms. The number of hydrogen-bond donors (Lipinski definition) is 1. The van der Waals surface area contributed by atoms with Gasteiger partial charge in [0.15, 0.2) is 0 Å². The lowest BCUT2D eigenvalue weighted by molar-refractivity contribution is 0.710. The lowest BCUT2D eigenvalue weighted by Crippen LogP contribution is -2.11. The van der Waals surface area contributed by atoms with Crippen molar-refractivity contribution < 1.29 is 0 Å². The van der Waals surface area contributed by atoms with Crippen LogP contribution >= 0.6 is 0 Å². The summed E-state index contributed by atoms with van der Waals surface area (Å²) in [5.74, 6) is 0.450. The standard InChI is InChI=1S/C16H23N3/c1-11(2)16-14(9-17-5)10-18-19(16)15-8-12(3)6-7-13(15)4/h6-8,10-11,17H,9H2,1-5H3. The second-order valence-corrected chi connectivity index (χ2v) is 5.44. The first-order chi connectivity index (χ1) is 9.04. The number of nitrogens with one attached hydrogen (secondary N) is 1. The van der Waals surface area contributed by atoms with Crippen molar-refractivity contribution in [1.82, 2.24) is 15.1 Å². The van der Waals surface area contributed by atoms with Crippen molar-refractivity contribution in [1.29, 1.82) is 0 Å². The minimum Gasteiger partial charge on any atom is -0.316 e. The quantitative estimate of drug-likeness (QED) is 0.910. The smallest absolute Gasteiger partial charge is 0.0680 e. The van der Waals surface area contributed by atoms with Crippen molar-refractivity contribution >= 4 is 0 Å². The van der Waals surface area contributed by atoms with Crippen LogP contribution in [0, 0.1) is 13.8 Å². The van der Waals surface area contributed by atoms with Crippen LogP contribution in [-0.2, 0) is 6.54 Å². The third kappa shape index (κ3) is 2.71. The summed E-state index contributed by atoms with van der Waals surface area (Å²) in [7, 11) is 1.97. The maximum absolute atomic E-state index is 4.60. The molecular formula is C16H23N3. The summed E-state index contributed by atoms with van der Waals surface area (Å²) in [6.07, 6.45) is 1.98. The summed E-state index contributed by atoms with van der Waals surface area (Å²) < 4.78 is 2.10. The van der Waals surface area contributed by atoms with E-state index >= 15 is 0 Å². The molecule has 1 N–H and O–H groups in total. The molecule has 3 nitrogen and oxygen atoms in total. The number of nitrogens with zero attached hydrogens (tertiary/aromatic N) is 2. The van der Waals surface area contributed by atoms with Crippen molar-refractivity contribution in [3.8, 4) is 5.69 Å². The van der Waals surface area contributed by atoms with Crippen LogP contribution in [0.15, 0.2) is 24.4 Å². The summed E-state index contributed by atoms with van der Waals surface area (Å²) in [5, 5.41) is 7.82. The van der Waals surface area contributed by atoms with E-state index in [1.165, 1.54) is 28.1 Å². The zero-order chi connectivity index (χ0) is 14.0. The Morgan fingerprint density at radius 3 is 2.63 bits per heavy atom. The van der Waals surface area contributed by atoms with Gasteiger partial charge in [-0.15, -0.1) is 0 Å². The van der Waals surface area contributed by atoms with Crippen molar-refractivity contribution in [2.45, 2.75) is 40.2 Å². The van der Waals surface area contributed by atoms with Crippen molar-refractivity contribution in [2.24, 2.45) is 0 Å². The van der Waals surface area contributed by atoms with Gasteiger partial charge in [-0.25, -0.2) is 4.68 Å². The molecule has 102 valence electrons. The monoisotopic (exact) mass is 257 g/mol. The van der Waals surface area contributed by atoms with Gasteiger partial charge in [0.05, 0.1) is 17.6 Å². The molecule has 0 amide bonds. The first-order valence-electron chi connectivity index (χ1n) is 6.83. The van der Waals surface area contributed by atoms with E-state index in [0.29, 0.717) is 5.92 Å². The third-order valence-corrected chi connectivity index (χ3v) is 3.39. The van der Waals surface area contributed by atoms with Crippen LogP contribution in [0.2, 0.25) is 0 Å². The summed E-state index contributed by atoms with van der Waals surface area (Å²) >= 11 is 0. The maximum Gasteiger partial charge on any atom is 0.0680 e. The van der Waals surface area contributed by atoms with Gasteiger partial charge < -0.3 is 5.32 Å². The van der Waals surface area contributed by atoms with Crippen LogP contribution in [0.4, 0.5) is 0 Å². The molecule has 2 aromatic rings. The molecule has 0 aliphatic carbocycles. The molecule has 0 unspecified atom stereocenters. The predicted octanol–water partition coefficient (Wildman–Crippen LogP) is 3.33. The minimum absolute atomic E-state index is 0.450. The van der Waals surface area contributed by atoms with Gasteiger partial charge in [-0.05, 0) is 44.0 Å². The van der Waals surface area contributed by atoms with Crippen molar-refractivity contribution in [3.63, 3.8) is 0 Å². The fourth-order valence-corrected chi connectivity index (χ4v) is 2.47. The van der Waals surface area contributed by atoms with E-state index in [-0.39, 0.29) is 0 Å². The average Bonchev–Trinajstić information content (AvgIpc) is 2.76. The lowest BCUT2D eigenvalue weighted by atomic mass is 10.0. The zero-order valence-corrected chi connectivity index (χ0v) is 12.5. The van der Waals surface area contributed by atoms with Gasteiger partial charge in [-0.2, -0.15) is 5.10 Å². The molecule has 0 aliphatic rings. The van der Waals surface area contributed by atoms with E-state index in [1.807, 2.05) is 13.2 Å². The zero-order valence-electron chi connectivity index (χ0n) is 12.5. The van der Waals surface area contributed by atoms with Gasteiger partial charge in [0.1, 0.15) is 0 Å². The Morgan fingerprint density at radius 1 is 1.26 bits per heavy atom. The summed E-state index contributed by atoms with van der Waals surface area (Å²) in [6, 6.07) is 6.51. The van der Waals surface area contributed by atoms with Gasteiger partial charge >= 0.3 is 0 Å². The number of aryl methyl sites for hydroxylation is 2. The van der Waals surface area contributed by atoms with E-state index in [1.54, 1.807) is 0 Å². The minimum atomic E-state index is 0.450. The molecule has 0 bridgehead atoms. The summed E-state index contributed by atoms with van der Waals surface area (Å²) in [5.41, 5.74) is 6.28. The van der Waals surface area contributed by atoms with E-state index < -0.39 is 0 Å². The van der Waals surface area contributed by atoms with E-state index in [0.717, 1.165) is 6.54 Å². The van der Waals surface area contributed by atoms with Crippen LogP contribution in [0.5, 0.6) is 0 Å². The predicted molar refractivity (Wildman–Crippen MR) is 79.9 cm³/mol. The number of benzene rings is 1. The van der Waals surface area contributed by atoms with Crippen LogP contribution < -0.4 is 5.32 Å². The van der Waals surface area contributed by atoms with Gasteiger partial charge in [-0.1, -0.05) is 26.0 Å². The van der Waals surface area contributed by atoms with E-state index in [4.69, 9.17) is 0 Å². The largest absolute Gasteiger partial charge is 0.316 e. The summed E-state index contributed by atoms with van der Waals surface area (Å²) in [4.78, 5) is 0. The Labute approximate surface area is 115 Å². The van der Waals surface area contributed by atoms with Gasteiger partial charge in [0, 0.05) is 12.1 Å². The molecule has 0 saturated carbocycles. The van der Waals surface area contributed by atoms with Crippen molar-refractivity contribution in [2.75, 3.05) is 7.05 Å². The highest BCUT2D eigenvalue weighted by Crippen LogP contribution is 2.25. The Morgan fingerprint density at radius 2 is 2.00 bits per heavy atom. The molecule has 0 saturated heterocycles. The Balaban J connectivity index is 2.58. The van der Waals surface area contributed by atoms with Crippen LogP contribution in [-0.4, -0.2) is 16.8 Å². The molecule has 0 aliphatic heterocycles. The Hall–Kier alpha value is -1.61. The molecule has 0 fully saturated rings. The fourth-order valence-electron chi connectivity index (χ4n) is 2.47. The van der Waals surface area contributed by atoms with Gasteiger partial charge in [-0.3, -0.25) is 0 Å². The highest BCUT2D eigenvalue weighted by molar-refractivity contribution is 5.45. The van der Waals surface area contributed by atoms with Crippen LogP contribution in [0.3, 0.4) is 0 Å². The summed E-state index contributed by atoms with van der Waals surface area (Å²) in [6.45, 7) is 9.56. The normalized spacial score (nSPS) is 11.3. The van der Waals surface area contributed by atoms with Gasteiger partial charge in [0.25, 0.3) is 0 Å². The molecular weight excluding hydrogens is 234 g/mol. The second kappa shape index (κ2) is 5.57. The number of aromatic nitrogens is 2. The lowest BCUT2D eigenvalue weighted by Gasteiger charge is -2.15. The first kappa shape index (κ1) is 13.8. The molecule has 3 heteroatoms. The SMILES string of the molecule is CNCc1cnn(-c2cc(C)ccc2C)c1C(C)C. The van der Waals surface area contributed by atoms with Gasteiger partial charge in [0.2, 0.25) is 0 Å². The second-order valence-electron chi connectivity index (χ2n) is 5.44. The maximum atomic E-state index is 4.60. The Bertz CT molecular complexity index is 567. The van der Waals surface area contributed by atoms with Crippen LogP contribution in [0.25, 0.3) is 5.69 Å². The molecule has 1 aromatic heterocycles. The molecule has 1 heterocycles.